The summed E-state index contributed by atoms with van der Waals surface area (Å²) >= 11 is 0. The van der Waals surface area contributed by atoms with Crippen LogP contribution in [-0.4, -0.2) is 24.0 Å². The summed E-state index contributed by atoms with van der Waals surface area (Å²) in [5.41, 5.74) is 6.88. The first-order chi connectivity index (χ1) is 9.13. The van der Waals surface area contributed by atoms with Crippen LogP contribution in [0, 0.1) is 11.7 Å². The van der Waals surface area contributed by atoms with E-state index in [1.54, 1.807) is 12.1 Å². The van der Waals surface area contributed by atoms with Gasteiger partial charge in [-0.1, -0.05) is 32.0 Å². The Hall–Kier alpha value is -0.930. The zero-order valence-electron chi connectivity index (χ0n) is 12.0. The van der Waals surface area contributed by atoms with Crippen LogP contribution in [-0.2, 0) is 0 Å². The van der Waals surface area contributed by atoms with Gasteiger partial charge in [0.2, 0.25) is 0 Å². The van der Waals surface area contributed by atoms with Crippen LogP contribution in [0.3, 0.4) is 0 Å². The molecule has 0 heterocycles. The van der Waals surface area contributed by atoms with Crippen molar-refractivity contribution in [2.24, 2.45) is 11.7 Å². The van der Waals surface area contributed by atoms with Gasteiger partial charge in [0.05, 0.1) is 0 Å². The van der Waals surface area contributed by atoms with Gasteiger partial charge in [0.1, 0.15) is 5.82 Å². The lowest BCUT2D eigenvalue weighted by Crippen LogP contribution is -2.35. The maximum atomic E-state index is 13.8. The largest absolute Gasteiger partial charge is 0.324 e. The van der Waals surface area contributed by atoms with Crippen molar-refractivity contribution in [2.75, 3.05) is 13.1 Å². The Kier molecular flexibility index (Phi) is 4.94. The average Bonchev–Trinajstić information content (AvgIpc) is 3.22. The zero-order chi connectivity index (χ0) is 13.8. The highest BCUT2D eigenvalue weighted by Crippen LogP contribution is 2.30. The zero-order valence-corrected chi connectivity index (χ0v) is 12.0. The first-order valence-electron chi connectivity index (χ1n) is 7.37. The van der Waals surface area contributed by atoms with Gasteiger partial charge >= 0.3 is 0 Å². The molecule has 1 aliphatic carbocycles. The van der Waals surface area contributed by atoms with Crippen LogP contribution < -0.4 is 5.73 Å². The fourth-order valence-corrected chi connectivity index (χ4v) is 2.69. The number of hydrogen-bond acceptors (Lipinski definition) is 2. The molecule has 0 aliphatic heterocycles. The van der Waals surface area contributed by atoms with Crippen molar-refractivity contribution in [3.8, 4) is 0 Å². The van der Waals surface area contributed by atoms with E-state index in [0.717, 1.165) is 25.6 Å². The Bertz CT molecular complexity index is 403. The van der Waals surface area contributed by atoms with Crippen LogP contribution in [0.25, 0.3) is 0 Å². The van der Waals surface area contributed by atoms with Crippen molar-refractivity contribution < 1.29 is 4.39 Å². The molecule has 0 aromatic heterocycles. The van der Waals surface area contributed by atoms with E-state index in [0.29, 0.717) is 5.56 Å². The molecule has 0 radical (unpaired) electrons. The van der Waals surface area contributed by atoms with E-state index in [4.69, 9.17) is 5.73 Å². The predicted molar refractivity (Wildman–Crippen MR) is 77.4 cm³/mol. The first kappa shape index (κ1) is 14.5. The Morgan fingerprint density at radius 3 is 2.63 bits per heavy atom. The maximum Gasteiger partial charge on any atom is 0.127 e. The topological polar surface area (TPSA) is 29.3 Å². The van der Waals surface area contributed by atoms with Crippen LogP contribution in [0.5, 0.6) is 0 Å². The van der Waals surface area contributed by atoms with Crippen molar-refractivity contribution in [3.63, 3.8) is 0 Å². The van der Waals surface area contributed by atoms with Gasteiger partial charge in [-0.15, -0.1) is 0 Å². The molecule has 1 aromatic rings. The van der Waals surface area contributed by atoms with Crippen LogP contribution in [0.1, 0.15) is 44.7 Å². The van der Waals surface area contributed by atoms with Crippen molar-refractivity contribution in [1.29, 1.82) is 0 Å². The number of hydrogen-bond donors (Lipinski definition) is 1. The van der Waals surface area contributed by atoms with Gasteiger partial charge in [-0.25, -0.2) is 4.39 Å². The van der Waals surface area contributed by atoms with Gasteiger partial charge in [0.25, 0.3) is 0 Å². The lowest BCUT2D eigenvalue weighted by Gasteiger charge is -2.28. The van der Waals surface area contributed by atoms with Crippen LogP contribution >= 0.6 is 0 Å². The third-order valence-electron chi connectivity index (χ3n) is 3.97. The monoisotopic (exact) mass is 264 g/mol. The molecule has 2 atom stereocenters. The number of halogens is 1. The molecule has 2 unspecified atom stereocenters. The molecule has 0 amide bonds. The highest BCUT2D eigenvalue weighted by atomic mass is 19.1. The van der Waals surface area contributed by atoms with E-state index >= 15 is 0 Å². The van der Waals surface area contributed by atoms with Gasteiger partial charge in [-0.05, 0) is 37.8 Å². The molecule has 19 heavy (non-hydrogen) atoms. The Labute approximate surface area is 115 Å². The van der Waals surface area contributed by atoms with Gasteiger partial charge in [0.15, 0.2) is 0 Å². The SMILES string of the molecule is CCCN(CC(C)C(N)c1ccccc1F)C1CC1. The number of rotatable bonds is 7. The van der Waals surface area contributed by atoms with Crippen molar-refractivity contribution in [1.82, 2.24) is 4.90 Å². The number of nitrogens with two attached hydrogens (primary N) is 1. The third-order valence-corrected chi connectivity index (χ3v) is 3.97. The molecular formula is C16H25FN2. The summed E-state index contributed by atoms with van der Waals surface area (Å²) in [5, 5.41) is 0. The highest BCUT2D eigenvalue weighted by molar-refractivity contribution is 5.21. The Balaban J connectivity index is 1.98. The van der Waals surface area contributed by atoms with E-state index in [9.17, 15) is 4.39 Å². The summed E-state index contributed by atoms with van der Waals surface area (Å²) in [6.45, 7) is 6.42. The predicted octanol–water partition coefficient (Wildman–Crippen LogP) is 3.34. The summed E-state index contributed by atoms with van der Waals surface area (Å²) in [4.78, 5) is 2.52. The molecule has 0 saturated heterocycles. The maximum absolute atomic E-state index is 13.8. The molecule has 1 aliphatic rings. The second-order valence-corrected chi connectivity index (χ2v) is 5.75. The molecule has 2 rings (SSSR count). The highest BCUT2D eigenvalue weighted by Gasteiger charge is 2.30. The molecule has 0 bridgehead atoms. The third kappa shape index (κ3) is 3.77. The molecule has 3 heteroatoms. The van der Waals surface area contributed by atoms with Crippen LogP contribution in [0.2, 0.25) is 0 Å². The van der Waals surface area contributed by atoms with E-state index < -0.39 is 0 Å². The molecule has 106 valence electrons. The van der Waals surface area contributed by atoms with E-state index in [1.165, 1.54) is 18.9 Å². The molecule has 0 spiro atoms. The van der Waals surface area contributed by atoms with E-state index in [1.807, 2.05) is 6.07 Å². The quantitative estimate of drug-likeness (QED) is 0.818. The minimum Gasteiger partial charge on any atom is -0.324 e. The lowest BCUT2D eigenvalue weighted by atomic mass is 9.94. The van der Waals surface area contributed by atoms with Gasteiger partial charge in [-0.3, -0.25) is 0 Å². The molecule has 1 fully saturated rings. The molecule has 1 saturated carbocycles. The average molecular weight is 264 g/mol. The lowest BCUT2D eigenvalue weighted by molar-refractivity contribution is 0.212. The van der Waals surface area contributed by atoms with Gasteiger partial charge in [-0.2, -0.15) is 0 Å². The summed E-state index contributed by atoms with van der Waals surface area (Å²) in [7, 11) is 0. The molecule has 2 nitrogen and oxygen atoms in total. The van der Waals surface area contributed by atoms with Crippen molar-refractivity contribution >= 4 is 0 Å². The Morgan fingerprint density at radius 2 is 2.05 bits per heavy atom. The van der Waals surface area contributed by atoms with Crippen LogP contribution in [0.4, 0.5) is 4.39 Å². The number of nitrogens with zero attached hydrogens (tertiary/aromatic N) is 1. The van der Waals surface area contributed by atoms with E-state index in [2.05, 4.69) is 18.7 Å². The fraction of sp³-hybridized carbons (Fsp3) is 0.625. The summed E-state index contributed by atoms with van der Waals surface area (Å²) in [6.07, 6.45) is 3.78. The van der Waals surface area contributed by atoms with Gasteiger partial charge < -0.3 is 10.6 Å². The summed E-state index contributed by atoms with van der Waals surface area (Å²) < 4.78 is 13.8. The fourth-order valence-electron chi connectivity index (χ4n) is 2.69. The van der Waals surface area contributed by atoms with Gasteiger partial charge in [0, 0.05) is 24.2 Å². The molecule has 1 aromatic carbocycles. The molecular weight excluding hydrogens is 239 g/mol. The molecule has 2 N–H and O–H groups in total. The first-order valence-corrected chi connectivity index (χ1v) is 7.37. The van der Waals surface area contributed by atoms with Crippen molar-refractivity contribution in [3.05, 3.63) is 35.6 Å². The summed E-state index contributed by atoms with van der Waals surface area (Å²) in [5.74, 6) is 0.0827. The Morgan fingerprint density at radius 1 is 1.37 bits per heavy atom. The van der Waals surface area contributed by atoms with Crippen molar-refractivity contribution in [2.45, 2.75) is 45.2 Å². The minimum absolute atomic E-state index is 0.185. The van der Waals surface area contributed by atoms with E-state index in [-0.39, 0.29) is 17.8 Å². The van der Waals surface area contributed by atoms with Crippen LogP contribution in [0.15, 0.2) is 24.3 Å². The second kappa shape index (κ2) is 6.49. The minimum atomic E-state index is -0.223. The standard InChI is InChI=1S/C16H25FN2/c1-3-10-19(13-8-9-13)11-12(2)16(18)14-6-4-5-7-15(14)17/h4-7,12-13,16H,3,8-11,18H2,1-2H3. The number of benzene rings is 1. The summed E-state index contributed by atoms with van der Waals surface area (Å²) in [6, 6.07) is 7.39. The smallest absolute Gasteiger partial charge is 0.127 e. The second-order valence-electron chi connectivity index (χ2n) is 5.75. The normalized spacial score (nSPS) is 18.6.